The average molecular weight is 336 g/mol. The molecule has 0 radical (unpaired) electrons. The summed E-state index contributed by atoms with van der Waals surface area (Å²) in [5, 5.41) is 11.7. The summed E-state index contributed by atoms with van der Waals surface area (Å²) in [6.07, 6.45) is 0.860. The van der Waals surface area contributed by atoms with Crippen molar-refractivity contribution in [1.82, 2.24) is 10.2 Å². The van der Waals surface area contributed by atoms with Crippen molar-refractivity contribution < 1.29 is 19.4 Å². The maximum atomic E-state index is 11.9. The third kappa shape index (κ3) is 7.97. The molecule has 6 heteroatoms. The maximum absolute atomic E-state index is 11.9. The number of rotatable bonds is 10. The van der Waals surface area contributed by atoms with Gasteiger partial charge in [-0.25, -0.2) is 0 Å². The lowest BCUT2D eigenvalue weighted by molar-refractivity contribution is -0.139. The SMILES string of the molecule is CC(C)Oc1ccc(CCNC(=O)CN(CC(=O)O)C(C)C)cc1. The molecule has 0 aromatic heterocycles. The van der Waals surface area contributed by atoms with Gasteiger partial charge < -0.3 is 15.2 Å². The summed E-state index contributed by atoms with van der Waals surface area (Å²) in [4.78, 5) is 24.4. The van der Waals surface area contributed by atoms with Crippen LogP contribution in [0.1, 0.15) is 33.3 Å². The lowest BCUT2D eigenvalue weighted by atomic mass is 10.1. The van der Waals surface area contributed by atoms with Crippen molar-refractivity contribution in [3.63, 3.8) is 0 Å². The monoisotopic (exact) mass is 336 g/mol. The number of nitrogens with one attached hydrogen (secondary N) is 1. The van der Waals surface area contributed by atoms with Crippen molar-refractivity contribution in [2.24, 2.45) is 0 Å². The second kappa shape index (κ2) is 9.93. The summed E-state index contributed by atoms with van der Waals surface area (Å²) in [6.45, 7) is 8.17. The number of nitrogens with zero attached hydrogens (tertiary/aromatic N) is 1. The van der Waals surface area contributed by atoms with Crippen LogP contribution < -0.4 is 10.1 Å². The topological polar surface area (TPSA) is 78.9 Å². The van der Waals surface area contributed by atoms with E-state index >= 15 is 0 Å². The molecular weight excluding hydrogens is 308 g/mol. The summed E-state index contributed by atoms with van der Waals surface area (Å²) in [7, 11) is 0. The number of hydrogen-bond acceptors (Lipinski definition) is 4. The number of carbonyl (C=O) groups is 2. The van der Waals surface area contributed by atoms with Crippen molar-refractivity contribution in [2.45, 2.75) is 46.3 Å². The van der Waals surface area contributed by atoms with Crippen LogP contribution in [0.25, 0.3) is 0 Å². The van der Waals surface area contributed by atoms with Gasteiger partial charge in [0.2, 0.25) is 5.91 Å². The predicted octanol–water partition coefficient (Wildman–Crippen LogP) is 1.93. The van der Waals surface area contributed by atoms with Gasteiger partial charge in [-0.3, -0.25) is 14.5 Å². The number of benzene rings is 1. The first kappa shape index (κ1) is 20.0. The lowest BCUT2D eigenvalue weighted by Gasteiger charge is -2.23. The Labute approximate surface area is 143 Å². The van der Waals surface area contributed by atoms with Crippen LogP contribution in [-0.4, -0.2) is 53.7 Å². The molecule has 2 N–H and O–H groups in total. The molecule has 24 heavy (non-hydrogen) atoms. The van der Waals surface area contributed by atoms with Gasteiger partial charge in [-0.1, -0.05) is 12.1 Å². The van der Waals surface area contributed by atoms with E-state index in [9.17, 15) is 9.59 Å². The van der Waals surface area contributed by atoms with Gasteiger partial charge in [-0.15, -0.1) is 0 Å². The largest absolute Gasteiger partial charge is 0.491 e. The van der Waals surface area contributed by atoms with E-state index in [0.29, 0.717) is 13.0 Å². The van der Waals surface area contributed by atoms with Crippen LogP contribution in [0.5, 0.6) is 5.75 Å². The van der Waals surface area contributed by atoms with Crippen molar-refractivity contribution in [3.05, 3.63) is 29.8 Å². The Morgan fingerprint density at radius 2 is 1.75 bits per heavy atom. The normalized spacial score (nSPS) is 11.1. The molecular formula is C18H28N2O4. The van der Waals surface area contributed by atoms with Crippen LogP contribution in [0, 0.1) is 0 Å². The molecule has 0 unspecified atom stereocenters. The molecule has 0 heterocycles. The van der Waals surface area contributed by atoms with Crippen LogP contribution in [0.4, 0.5) is 0 Å². The first-order valence-corrected chi connectivity index (χ1v) is 8.26. The molecule has 1 aromatic rings. The third-order valence-electron chi connectivity index (χ3n) is 3.45. The van der Waals surface area contributed by atoms with Gasteiger partial charge in [0.25, 0.3) is 0 Å². The Morgan fingerprint density at radius 1 is 1.12 bits per heavy atom. The highest BCUT2D eigenvalue weighted by Gasteiger charge is 2.16. The second-order valence-corrected chi connectivity index (χ2v) is 6.30. The Hall–Kier alpha value is -2.08. The van der Waals surface area contributed by atoms with Crippen molar-refractivity contribution in [2.75, 3.05) is 19.6 Å². The molecule has 0 aliphatic rings. The summed E-state index contributed by atoms with van der Waals surface area (Å²) < 4.78 is 5.59. The zero-order valence-electron chi connectivity index (χ0n) is 14.9. The fourth-order valence-corrected chi connectivity index (χ4v) is 2.19. The fraction of sp³-hybridized carbons (Fsp3) is 0.556. The molecule has 6 nitrogen and oxygen atoms in total. The minimum absolute atomic E-state index is 0.000326. The Bertz CT molecular complexity index is 526. The maximum Gasteiger partial charge on any atom is 0.317 e. The number of aliphatic carboxylic acids is 1. The van der Waals surface area contributed by atoms with E-state index in [1.54, 1.807) is 4.90 Å². The highest BCUT2D eigenvalue weighted by molar-refractivity contribution is 5.79. The van der Waals surface area contributed by atoms with Crippen molar-refractivity contribution in [1.29, 1.82) is 0 Å². The van der Waals surface area contributed by atoms with Gasteiger partial charge in [0.1, 0.15) is 5.75 Å². The van der Waals surface area contributed by atoms with Crippen molar-refractivity contribution >= 4 is 11.9 Å². The lowest BCUT2D eigenvalue weighted by Crippen LogP contribution is -2.43. The van der Waals surface area contributed by atoms with Gasteiger partial charge >= 0.3 is 5.97 Å². The first-order chi connectivity index (χ1) is 11.3. The highest BCUT2D eigenvalue weighted by Crippen LogP contribution is 2.13. The van der Waals surface area contributed by atoms with Gasteiger partial charge in [0.15, 0.2) is 0 Å². The molecule has 0 aliphatic heterocycles. The van der Waals surface area contributed by atoms with E-state index in [4.69, 9.17) is 9.84 Å². The van der Waals surface area contributed by atoms with Gasteiger partial charge in [0.05, 0.1) is 19.2 Å². The summed E-state index contributed by atoms with van der Waals surface area (Å²) >= 11 is 0. The third-order valence-corrected chi connectivity index (χ3v) is 3.45. The zero-order valence-corrected chi connectivity index (χ0v) is 14.9. The Kier molecular flexibility index (Phi) is 8.26. The molecule has 0 bridgehead atoms. The molecule has 0 atom stereocenters. The van der Waals surface area contributed by atoms with E-state index < -0.39 is 5.97 Å². The number of carbonyl (C=O) groups excluding carboxylic acids is 1. The minimum Gasteiger partial charge on any atom is -0.491 e. The molecule has 0 saturated heterocycles. The summed E-state index contributed by atoms with van der Waals surface area (Å²) in [5.41, 5.74) is 1.11. The smallest absolute Gasteiger partial charge is 0.317 e. The first-order valence-electron chi connectivity index (χ1n) is 8.26. The summed E-state index contributed by atoms with van der Waals surface area (Å²) in [5.74, 6) is -0.260. The standard InChI is InChI=1S/C18H28N2O4/c1-13(2)20(12-18(22)23)11-17(21)19-10-9-15-5-7-16(8-6-15)24-14(3)4/h5-8,13-14H,9-12H2,1-4H3,(H,19,21)(H,22,23). The quantitative estimate of drug-likeness (QED) is 0.682. The summed E-state index contributed by atoms with van der Waals surface area (Å²) in [6, 6.07) is 7.80. The molecule has 1 rings (SSSR count). The minimum atomic E-state index is -0.930. The molecule has 1 aromatic carbocycles. The molecule has 0 spiro atoms. The molecule has 0 aliphatic carbocycles. The second-order valence-electron chi connectivity index (χ2n) is 6.30. The molecule has 134 valence electrons. The average Bonchev–Trinajstić information content (AvgIpc) is 2.47. The number of carboxylic acids is 1. The Morgan fingerprint density at radius 3 is 2.25 bits per heavy atom. The number of amides is 1. The van der Waals surface area contributed by atoms with Crippen LogP contribution in [0.2, 0.25) is 0 Å². The van der Waals surface area contributed by atoms with Crippen LogP contribution >= 0.6 is 0 Å². The van der Waals surface area contributed by atoms with E-state index in [-0.39, 0.29) is 31.1 Å². The van der Waals surface area contributed by atoms with Crippen LogP contribution in [-0.2, 0) is 16.0 Å². The Balaban J connectivity index is 2.37. The molecule has 1 amide bonds. The number of carboxylic acid groups (broad SMARTS) is 1. The van der Waals surface area contributed by atoms with E-state index in [1.807, 2.05) is 52.0 Å². The van der Waals surface area contributed by atoms with Crippen LogP contribution in [0.15, 0.2) is 24.3 Å². The molecule has 0 saturated carbocycles. The van der Waals surface area contributed by atoms with E-state index in [1.165, 1.54) is 0 Å². The van der Waals surface area contributed by atoms with Gasteiger partial charge in [-0.2, -0.15) is 0 Å². The zero-order chi connectivity index (χ0) is 18.1. The fourth-order valence-electron chi connectivity index (χ4n) is 2.19. The van der Waals surface area contributed by atoms with E-state index in [2.05, 4.69) is 5.32 Å². The van der Waals surface area contributed by atoms with E-state index in [0.717, 1.165) is 11.3 Å². The number of hydrogen-bond donors (Lipinski definition) is 2. The number of ether oxygens (including phenoxy) is 1. The van der Waals surface area contributed by atoms with Crippen LogP contribution in [0.3, 0.4) is 0 Å². The van der Waals surface area contributed by atoms with Gasteiger partial charge in [0, 0.05) is 12.6 Å². The molecule has 0 fully saturated rings. The highest BCUT2D eigenvalue weighted by atomic mass is 16.5. The van der Waals surface area contributed by atoms with Gasteiger partial charge in [-0.05, 0) is 51.8 Å². The van der Waals surface area contributed by atoms with Crippen molar-refractivity contribution in [3.8, 4) is 5.75 Å². The predicted molar refractivity (Wildman–Crippen MR) is 93.3 cm³/mol.